The summed E-state index contributed by atoms with van der Waals surface area (Å²) in [4.78, 5) is 0. The molecule has 0 amide bonds. The fourth-order valence-electron chi connectivity index (χ4n) is 3.10. The van der Waals surface area contributed by atoms with Crippen LogP contribution in [0.3, 0.4) is 0 Å². The molecular weight excluding hydrogens is 250 g/mol. The molecule has 0 radical (unpaired) electrons. The van der Waals surface area contributed by atoms with Crippen molar-refractivity contribution in [3.8, 4) is 0 Å². The average Bonchev–Trinajstić information content (AvgIpc) is 2.78. The van der Waals surface area contributed by atoms with E-state index in [-0.39, 0.29) is 6.10 Å². The van der Waals surface area contributed by atoms with Crippen LogP contribution < -0.4 is 5.73 Å². The van der Waals surface area contributed by atoms with Crippen molar-refractivity contribution in [3.05, 3.63) is 35.8 Å². The van der Waals surface area contributed by atoms with Crippen LogP contribution in [0.4, 0.5) is 0 Å². The highest BCUT2D eigenvalue weighted by molar-refractivity contribution is 6.09. The Bertz CT molecular complexity index is 534. The number of allylic oxidation sites excluding steroid dienone is 1. The molecule has 0 spiro atoms. The maximum Gasteiger partial charge on any atom is 0.0540 e. The number of aromatic nitrogens is 1. The summed E-state index contributed by atoms with van der Waals surface area (Å²) in [6, 6.07) is 2.11. The summed E-state index contributed by atoms with van der Waals surface area (Å²) in [5.41, 5.74) is 9.50. The second-order valence-electron chi connectivity index (χ2n) is 5.40. The van der Waals surface area contributed by atoms with Gasteiger partial charge in [0.2, 0.25) is 0 Å². The topological polar surface area (TPSA) is 75.0 Å². The minimum Gasteiger partial charge on any atom is -0.404 e. The molecule has 1 aliphatic rings. The van der Waals surface area contributed by atoms with Crippen LogP contribution >= 0.6 is 0 Å². The normalized spacial score (nSPS) is 23.6. The van der Waals surface area contributed by atoms with Gasteiger partial charge in [-0.3, -0.25) is 0 Å². The molecule has 1 aromatic heterocycles. The molecule has 0 unspecified atom stereocenters. The molecular formula is C16H23N3O. The van der Waals surface area contributed by atoms with Gasteiger partial charge in [0.1, 0.15) is 0 Å². The van der Waals surface area contributed by atoms with E-state index in [1.807, 2.05) is 13.1 Å². The van der Waals surface area contributed by atoms with Crippen molar-refractivity contribution in [2.45, 2.75) is 37.7 Å². The number of aliphatic hydroxyl groups excluding tert-OH is 1. The van der Waals surface area contributed by atoms with E-state index in [0.29, 0.717) is 11.5 Å². The minimum atomic E-state index is -0.147. The van der Waals surface area contributed by atoms with Crippen LogP contribution in [-0.4, -0.2) is 22.0 Å². The third-order valence-electron chi connectivity index (χ3n) is 4.27. The van der Waals surface area contributed by atoms with Gasteiger partial charge in [-0.2, -0.15) is 0 Å². The number of nitrogens with one attached hydrogen (secondary N) is 1. The number of hydrogen-bond donors (Lipinski definition) is 3. The van der Waals surface area contributed by atoms with Crippen molar-refractivity contribution in [2.75, 3.05) is 0 Å². The molecule has 2 rings (SSSR count). The molecule has 0 aromatic carbocycles. The summed E-state index contributed by atoms with van der Waals surface area (Å²) in [7, 11) is 2.03. The zero-order valence-electron chi connectivity index (χ0n) is 12.0. The van der Waals surface area contributed by atoms with Crippen LogP contribution in [-0.2, 0) is 7.05 Å². The average molecular weight is 273 g/mol. The maximum atomic E-state index is 9.64. The molecule has 4 N–H and O–H groups in total. The predicted molar refractivity (Wildman–Crippen MR) is 83.7 cm³/mol. The van der Waals surface area contributed by atoms with Crippen molar-refractivity contribution in [2.24, 2.45) is 12.8 Å². The lowest BCUT2D eigenvalue weighted by atomic mass is 9.85. The molecule has 1 aliphatic carbocycles. The molecule has 0 bridgehead atoms. The molecule has 108 valence electrons. The molecule has 1 aromatic rings. The van der Waals surface area contributed by atoms with E-state index in [0.717, 1.165) is 36.9 Å². The number of nitrogens with two attached hydrogens (primary N) is 1. The van der Waals surface area contributed by atoms with Crippen molar-refractivity contribution < 1.29 is 5.11 Å². The zero-order valence-corrected chi connectivity index (χ0v) is 12.0. The maximum absolute atomic E-state index is 9.64. The van der Waals surface area contributed by atoms with Crippen molar-refractivity contribution in [1.82, 2.24) is 4.57 Å². The summed E-state index contributed by atoms with van der Waals surface area (Å²) in [5, 5.41) is 17.1. The quantitative estimate of drug-likeness (QED) is 0.738. The first-order chi connectivity index (χ1) is 9.62. The second kappa shape index (κ2) is 6.09. The van der Waals surface area contributed by atoms with Gasteiger partial charge in [-0.05, 0) is 43.7 Å². The van der Waals surface area contributed by atoms with E-state index in [1.165, 1.54) is 18.1 Å². The molecule has 1 fully saturated rings. The molecule has 0 atom stereocenters. The molecule has 1 saturated carbocycles. The van der Waals surface area contributed by atoms with Crippen molar-refractivity contribution in [1.29, 1.82) is 5.41 Å². The van der Waals surface area contributed by atoms with Crippen LogP contribution in [0.2, 0.25) is 0 Å². The third kappa shape index (κ3) is 2.56. The highest BCUT2D eigenvalue weighted by Crippen LogP contribution is 2.36. The Hall–Kier alpha value is -1.81. The molecule has 0 aliphatic heterocycles. The lowest BCUT2D eigenvalue weighted by Gasteiger charge is -2.26. The summed E-state index contributed by atoms with van der Waals surface area (Å²) >= 11 is 0. The first kappa shape index (κ1) is 14.6. The van der Waals surface area contributed by atoms with Gasteiger partial charge in [0.05, 0.1) is 6.10 Å². The highest BCUT2D eigenvalue weighted by atomic mass is 16.3. The molecule has 4 nitrogen and oxygen atoms in total. The highest BCUT2D eigenvalue weighted by Gasteiger charge is 2.24. The van der Waals surface area contributed by atoms with Crippen LogP contribution in [0.15, 0.2) is 18.8 Å². The molecule has 0 saturated heterocycles. The summed E-state index contributed by atoms with van der Waals surface area (Å²) in [6.45, 7) is 3.87. The number of rotatable bonds is 4. The van der Waals surface area contributed by atoms with Gasteiger partial charge in [0.25, 0.3) is 0 Å². The third-order valence-corrected chi connectivity index (χ3v) is 4.27. The summed E-state index contributed by atoms with van der Waals surface area (Å²) in [5.74, 6) is 0.459. The first-order valence-electron chi connectivity index (χ1n) is 7.05. The largest absolute Gasteiger partial charge is 0.404 e. The van der Waals surface area contributed by atoms with E-state index in [9.17, 15) is 5.11 Å². The van der Waals surface area contributed by atoms with E-state index < -0.39 is 0 Å². The monoisotopic (exact) mass is 273 g/mol. The van der Waals surface area contributed by atoms with Crippen molar-refractivity contribution >= 4 is 17.9 Å². The van der Waals surface area contributed by atoms with Gasteiger partial charge in [0, 0.05) is 42.0 Å². The Labute approximate surface area is 120 Å². The van der Waals surface area contributed by atoms with Gasteiger partial charge >= 0.3 is 0 Å². The van der Waals surface area contributed by atoms with Gasteiger partial charge in [0.15, 0.2) is 0 Å². The number of nitrogens with zero attached hydrogens (tertiary/aromatic N) is 1. The smallest absolute Gasteiger partial charge is 0.0540 e. The second-order valence-corrected chi connectivity index (χ2v) is 5.40. The molecule has 1 heterocycles. The number of hydrogen-bond acceptors (Lipinski definition) is 3. The minimum absolute atomic E-state index is 0.147. The molecule has 20 heavy (non-hydrogen) atoms. The standard InChI is InChI=1S/C16H23N3O/c1-3-15-14(12(9-17)10-18)8-16(19(15)2)11-4-6-13(20)7-5-11/h3,8-11,13,17,20H,1,4-7,18H2,2H3/b12-10+,17-9?. The van der Waals surface area contributed by atoms with Gasteiger partial charge in [-0.25, -0.2) is 0 Å². The summed E-state index contributed by atoms with van der Waals surface area (Å²) in [6.07, 6.45) is 8.12. The van der Waals surface area contributed by atoms with Crippen LogP contribution in [0, 0.1) is 5.41 Å². The lowest BCUT2D eigenvalue weighted by molar-refractivity contribution is 0.121. The van der Waals surface area contributed by atoms with Crippen molar-refractivity contribution in [3.63, 3.8) is 0 Å². The fraction of sp³-hybridized carbons (Fsp3) is 0.438. The lowest BCUT2D eigenvalue weighted by Crippen LogP contribution is -2.18. The van der Waals surface area contributed by atoms with E-state index >= 15 is 0 Å². The van der Waals surface area contributed by atoms with Crippen LogP contribution in [0.5, 0.6) is 0 Å². The Kier molecular flexibility index (Phi) is 4.45. The van der Waals surface area contributed by atoms with E-state index in [1.54, 1.807) is 0 Å². The predicted octanol–water partition coefficient (Wildman–Crippen LogP) is 2.64. The van der Waals surface area contributed by atoms with Gasteiger partial charge in [-0.15, -0.1) is 0 Å². The van der Waals surface area contributed by atoms with Gasteiger partial charge < -0.3 is 20.8 Å². The Morgan fingerprint density at radius 3 is 2.60 bits per heavy atom. The summed E-state index contributed by atoms with van der Waals surface area (Å²) < 4.78 is 2.14. The number of aliphatic hydroxyl groups is 1. The van der Waals surface area contributed by atoms with Crippen LogP contribution in [0.25, 0.3) is 11.6 Å². The zero-order chi connectivity index (χ0) is 14.7. The molecule has 4 heteroatoms. The van der Waals surface area contributed by atoms with E-state index in [2.05, 4.69) is 17.2 Å². The fourth-order valence-corrected chi connectivity index (χ4v) is 3.10. The Balaban J connectivity index is 2.40. The Morgan fingerprint density at radius 1 is 1.45 bits per heavy atom. The first-order valence-corrected chi connectivity index (χ1v) is 7.05. The SMILES string of the molecule is C=Cc1c(/C(C=N)=C/N)cc(C2CCC(O)CC2)n1C. The Morgan fingerprint density at radius 2 is 2.10 bits per heavy atom. The van der Waals surface area contributed by atoms with E-state index in [4.69, 9.17) is 11.1 Å². The van der Waals surface area contributed by atoms with Crippen LogP contribution in [0.1, 0.15) is 48.6 Å². The van der Waals surface area contributed by atoms with Gasteiger partial charge in [-0.1, -0.05) is 6.58 Å².